The van der Waals surface area contributed by atoms with E-state index in [1.54, 1.807) is 30.6 Å². The standard InChI is InChI=1S/C29H30N4O5S2/c1-18(34)32-14-12-21-24(16-32)40-27-26(21)28(36)33(20-7-5-4-6-8-20)29(31-27)39-17-25(35)30-13-11-19-9-10-22(37-2)23(15-19)38-3/h4-10,15H,11-14,16-17H2,1-3H3,(H,30,35). The summed E-state index contributed by atoms with van der Waals surface area (Å²) in [6, 6.07) is 15.0. The van der Waals surface area contributed by atoms with E-state index in [1.165, 1.54) is 23.1 Å². The fraction of sp³-hybridized carbons (Fsp3) is 0.310. The van der Waals surface area contributed by atoms with Gasteiger partial charge in [-0.3, -0.25) is 19.0 Å². The molecule has 2 aromatic heterocycles. The Balaban J connectivity index is 1.35. The quantitative estimate of drug-likeness (QED) is 0.238. The van der Waals surface area contributed by atoms with Crippen molar-refractivity contribution in [2.45, 2.75) is 31.5 Å². The van der Waals surface area contributed by atoms with E-state index in [1.807, 2.05) is 48.5 Å². The molecule has 1 aliphatic heterocycles. The van der Waals surface area contributed by atoms with E-state index in [0.29, 0.717) is 65.0 Å². The summed E-state index contributed by atoms with van der Waals surface area (Å²) in [4.78, 5) is 46.9. The molecule has 3 heterocycles. The normalized spacial score (nSPS) is 12.7. The summed E-state index contributed by atoms with van der Waals surface area (Å²) >= 11 is 2.69. The highest BCUT2D eigenvalue weighted by Gasteiger charge is 2.26. The van der Waals surface area contributed by atoms with Gasteiger partial charge in [0.1, 0.15) is 4.83 Å². The number of para-hydroxylation sites is 1. The fourth-order valence-corrected chi connectivity index (χ4v) is 6.88. The lowest BCUT2D eigenvalue weighted by Gasteiger charge is -2.25. The van der Waals surface area contributed by atoms with Crippen LogP contribution in [0.4, 0.5) is 0 Å². The predicted molar refractivity (Wildman–Crippen MR) is 157 cm³/mol. The van der Waals surface area contributed by atoms with Crippen molar-refractivity contribution in [1.29, 1.82) is 0 Å². The van der Waals surface area contributed by atoms with Crippen LogP contribution in [0, 0.1) is 0 Å². The van der Waals surface area contributed by atoms with Gasteiger partial charge >= 0.3 is 0 Å². The zero-order valence-corrected chi connectivity index (χ0v) is 24.2. The van der Waals surface area contributed by atoms with Crippen molar-refractivity contribution in [3.05, 3.63) is 74.9 Å². The van der Waals surface area contributed by atoms with Crippen LogP contribution in [0.1, 0.15) is 22.9 Å². The maximum Gasteiger partial charge on any atom is 0.267 e. The van der Waals surface area contributed by atoms with Gasteiger partial charge in [-0.2, -0.15) is 0 Å². The average Bonchev–Trinajstić information content (AvgIpc) is 3.34. The van der Waals surface area contributed by atoms with Gasteiger partial charge in [0.15, 0.2) is 16.7 Å². The number of carbonyl (C=O) groups is 2. The van der Waals surface area contributed by atoms with Gasteiger partial charge in [-0.25, -0.2) is 4.98 Å². The van der Waals surface area contributed by atoms with Crippen LogP contribution in [-0.4, -0.2) is 59.3 Å². The number of fused-ring (bicyclic) bond motifs is 3. The van der Waals surface area contributed by atoms with E-state index in [0.717, 1.165) is 16.0 Å². The summed E-state index contributed by atoms with van der Waals surface area (Å²) in [6.45, 7) is 3.09. The zero-order valence-electron chi connectivity index (χ0n) is 22.6. The van der Waals surface area contributed by atoms with Crippen molar-refractivity contribution in [3.8, 4) is 17.2 Å². The molecule has 1 aliphatic rings. The highest BCUT2D eigenvalue weighted by molar-refractivity contribution is 7.99. The Kier molecular flexibility index (Phi) is 8.41. The summed E-state index contributed by atoms with van der Waals surface area (Å²) in [5.41, 5.74) is 2.53. The Bertz CT molecular complexity index is 1620. The van der Waals surface area contributed by atoms with Gasteiger partial charge in [0.2, 0.25) is 11.8 Å². The number of benzene rings is 2. The van der Waals surface area contributed by atoms with E-state index in [2.05, 4.69) is 5.32 Å². The minimum atomic E-state index is -0.152. The first-order valence-electron chi connectivity index (χ1n) is 12.9. The van der Waals surface area contributed by atoms with Gasteiger partial charge in [0.05, 0.1) is 37.6 Å². The third-order valence-corrected chi connectivity index (χ3v) is 8.87. The molecule has 2 aromatic carbocycles. The topological polar surface area (TPSA) is 103 Å². The van der Waals surface area contributed by atoms with E-state index in [-0.39, 0.29) is 23.1 Å². The molecule has 0 radical (unpaired) electrons. The molecule has 40 heavy (non-hydrogen) atoms. The largest absolute Gasteiger partial charge is 0.493 e. The molecule has 0 spiro atoms. The summed E-state index contributed by atoms with van der Waals surface area (Å²) in [5.74, 6) is 1.28. The second-order valence-electron chi connectivity index (χ2n) is 9.32. The van der Waals surface area contributed by atoms with Crippen LogP contribution < -0.4 is 20.3 Å². The molecule has 4 aromatic rings. The number of rotatable bonds is 9. The Morgan fingerprint density at radius 3 is 2.60 bits per heavy atom. The summed E-state index contributed by atoms with van der Waals surface area (Å²) in [7, 11) is 3.18. The first kappa shape index (κ1) is 27.7. The van der Waals surface area contributed by atoms with Crippen LogP contribution in [-0.2, 0) is 29.0 Å². The summed E-state index contributed by atoms with van der Waals surface area (Å²) in [6.07, 6.45) is 1.25. The van der Waals surface area contributed by atoms with Gasteiger partial charge in [0, 0.05) is 24.9 Å². The number of ether oxygens (including phenoxy) is 2. The maximum atomic E-state index is 13.9. The van der Waals surface area contributed by atoms with Gasteiger partial charge in [-0.05, 0) is 48.2 Å². The molecule has 11 heteroatoms. The van der Waals surface area contributed by atoms with E-state index >= 15 is 0 Å². The number of amides is 2. The lowest BCUT2D eigenvalue weighted by molar-refractivity contribution is -0.129. The first-order chi connectivity index (χ1) is 19.4. The maximum absolute atomic E-state index is 13.9. The lowest BCUT2D eigenvalue weighted by atomic mass is 10.1. The highest BCUT2D eigenvalue weighted by Crippen LogP contribution is 2.34. The van der Waals surface area contributed by atoms with Crippen molar-refractivity contribution < 1.29 is 19.1 Å². The molecule has 9 nitrogen and oxygen atoms in total. The minimum absolute atomic E-state index is 0.0196. The van der Waals surface area contributed by atoms with E-state index in [4.69, 9.17) is 14.5 Å². The molecule has 0 fully saturated rings. The predicted octanol–water partition coefficient (Wildman–Crippen LogP) is 3.82. The van der Waals surface area contributed by atoms with Crippen LogP contribution in [0.5, 0.6) is 11.5 Å². The third kappa shape index (κ3) is 5.71. The van der Waals surface area contributed by atoms with Crippen molar-refractivity contribution >= 4 is 45.1 Å². The number of methoxy groups -OCH3 is 2. The summed E-state index contributed by atoms with van der Waals surface area (Å²) < 4.78 is 12.2. The summed E-state index contributed by atoms with van der Waals surface area (Å²) in [5, 5.41) is 4.02. The van der Waals surface area contributed by atoms with Gasteiger partial charge in [-0.15, -0.1) is 11.3 Å². The molecule has 0 bridgehead atoms. The van der Waals surface area contributed by atoms with Crippen LogP contribution in [0.3, 0.4) is 0 Å². The van der Waals surface area contributed by atoms with Gasteiger partial charge in [0.25, 0.3) is 5.56 Å². The Morgan fingerprint density at radius 1 is 1.10 bits per heavy atom. The first-order valence-corrected chi connectivity index (χ1v) is 14.7. The zero-order chi connectivity index (χ0) is 28.2. The number of aromatic nitrogens is 2. The fourth-order valence-electron chi connectivity index (χ4n) is 4.76. The van der Waals surface area contributed by atoms with Crippen LogP contribution in [0.2, 0.25) is 0 Å². The van der Waals surface area contributed by atoms with Crippen LogP contribution in [0.15, 0.2) is 58.5 Å². The Labute approximate surface area is 240 Å². The smallest absolute Gasteiger partial charge is 0.267 e. The molecule has 0 saturated carbocycles. The van der Waals surface area contributed by atoms with Crippen molar-refractivity contribution in [3.63, 3.8) is 0 Å². The Hall–Kier alpha value is -3.83. The number of hydrogen-bond donors (Lipinski definition) is 1. The molecule has 0 unspecified atom stereocenters. The molecular formula is C29H30N4O5S2. The van der Waals surface area contributed by atoms with Crippen molar-refractivity contribution in [2.24, 2.45) is 0 Å². The van der Waals surface area contributed by atoms with Gasteiger partial charge in [-0.1, -0.05) is 36.0 Å². The Morgan fingerprint density at radius 2 is 1.88 bits per heavy atom. The monoisotopic (exact) mass is 578 g/mol. The van der Waals surface area contributed by atoms with Crippen LogP contribution in [0.25, 0.3) is 15.9 Å². The minimum Gasteiger partial charge on any atom is -0.493 e. The van der Waals surface area contributed by atoms with Crippen molar-refractivity contribution in [2.75, 3.05) is 33.1 Å². The number of hydrogen-bond acceptors (Lipinski definition) is 8. The molecule has 0 atom stereocenters. The average molecular weight is 579 g/mol. The number of nitrogens with one attached hydrogen (secondary N) is 1. The van der Waals surface area contributed by atoms with E-state index in [9.17, 15) is 14.4 Å². The second-order valence-corrected chi connectivity index (χ2v) is 11.3. The third-order valence-electron chi connectivity index (χ3n) is 6.82. The number of nitrogens with zero attached hydrogens (tertiary/aromatic N) is 3. The molecule has 0 aliphatic carbocycles. The molecular weight excluding hydrogens is 548 g/mol. The van der Waals surface area contributed by atoms with Gasteiger partial charge < -0.3 is 19.7 Å². The molecule has 1 N–H and O–H groups in total. The molecule has 208 valence electrons. The number of thiophene rings is 1. The van der Waals surface area contributed by atoms with E-state index < -0.39 is 0 Å². The highest BCUT2D eigenvalue weighted by atomic mass is 32.2. The second kappa shape index (κ2) is 12.1. The molecule has 2 amide bonds. The number of thioether (sulfide) groups is 1. The van der Waals surface area contributed by atoms with Crippen molar-refractivity contribution in [1.82, 2.24) is 19.8 Å². The lowest BCUT2D eigenvalue weighted by Crippen LogP contribution is -2.34. The van der Waals surface area contributed by atoms with Crippen LogP contribution >= 0.6 is 23.1 Å². The molecule has 0 saturated heterocycles. The molecule has 5 rings (SSSR count). The SMILES string of the molecule is COc1ccc(CCNC(=O)CSc2nc3sc4c(c3c(=O)n2-c2ccccc2)CCN(C(C)=O)C4)cc1OC. The number of carbonyl (C=O) groups excluding carboxylic acids is 2.